The lowest BCUT2D eigenvalue weighted by Crippen LogP contribution is -2.34. The SMILES string of the molecule is O=c1[nH]nc(C2CCN(CCCSc3ccccc3Cl)CC2)[nH]1. The molecule has 0 spiro atoms. The van der Waals surface area contributed by atoms with Crippen LogP contribution in [0, 0.1) is 0 Å². The molecule has 0 aliphatic carbocycles. The lowest BCUT2D eigenvalue weighted by atomic mass is 9.96. The largest absolute Gasteiger partial charge is 0.340 e. The maximum absolute atomic E-state index is 11.1. The first-order valence-electron chi connectivity index (χ1n) is 7.96. The van der Waals surface area contributed by atoms with E-state index in [0.717, 1.165) is 60.4 Å². The fraction of sp³-hybridized carbons (Fsp3) is 0.500. The quantitative estimate of drug-likeness (QED) is 0.619. The van der Waals surface area contributed by atoms with Crippen LogP contribution in [0.15, 0.2) is 34.0 Å². The third-order valence-corrected chi connectivity index (χ3v) is 5.81. The number of halogens is 1. The minimum atomic E-state index is -0.209. The molecule has 2 heterocycles. The zero-order chi connectivity index (χ0) is 16.1. The topological polar surface area (TPSA) is 64.8 Å². The molecule has 124 valence electrons. The van der Waals surface area contributed by atoms with Gasteiger partial charge in [0.1, 0.15) is 5.82 Å². The van der Waals surface area contributed by atoms with Crippen molar-refractivity contribution in [3.05, 3.63) is 45.6 Å². The van der Waals surface area contributed by atoms with Crippen LogP contribution in [0.4, 0.5) is 0 Å². The summed E-state index contributed by atoms with van der Waals surface area (Å²) in [5.41, 5.74) is -0.209. The summed E-state index contributed by atoms with van der Waals surface area (Å²) in [6.07, 6.45) is 3.26. The monoisotopic (exact) mass is 352 g/mol. The Morgan fingerprint density at radius 3 is 2.78 bits per heavy atom. The number of hydrogen-bond acceptors (Lipinski definition) is 4. The number of aromatic amines is 2. The van der Waals surface area contributed by atoms with Gasteiger partial charge in [0.05, 0.1) is 5.02 Å². The summed E-state index contributed by atoms with van der Waals surface area (Å²) < 4.78 is 0. The van der Waals surface area contributed by atoms with Gasteiger partial charge in [0.25, 0.3) is 0 Å². The second kappa shape index (κ2) is 8.04. The van der Waals surface area contributed by atoms with Gasteiger partial charge in [-0.15, -0.1) is 11.8 Å². The molecule has 1 aromatic heterocycles. The highest BCUT2D eigenvalue weighted by molar-refractivity contribution is 7.99. The Hall–Kier alpha value is -1.24. The zero-order valence-electron chi connectivity index (χ0n) is 12.9. The fourth-order valence-corrected chi connectivity index (χ4v) is 4.11. The number of rotatable bonds is 6. The molecule has 1 aliphatic heterocycles. The number of aromatic nitrogens is 3. The molecule has 0 atom stereocenters. The average molecular weight is 353 g/mol. The highest BCUT2D eigenvalue weighted by Gasteiger charge is 2.22. The molecule has 7 heteroatoms. The van der Waals surface area contributed by atoms with Gasteiger partial charge in [-0.05, 0) is 56.8 Å². The van der Waals surface area contributed by atoms with Crippen LogP contribution in [0.5, 0.6) is 0 Å². The molecule has 2 N–H and O–H groups in total. The minimum absolute atomic E-state index is 0.209. The van der Waals surface area contributed by atoms with Crippen molar-refractivity contribution in [3.8, 4) is 0 Å². The Labute approximate surface area is 144 Å². The lowest BCUT2D eigenvalue weighted by molar-refractivity contribution is 0.210. The van der Waals surface area contributed by atoms with E-state index in [4.69, 9.17) is 11.6 Å². The van der Waals surface area contributed by atoms with Crippen LogP contribution in [-0.4, -0.2) is 45.5 Å². The number of H-pyrrole nitrogens is 2. The molecule has 1 aromatic carbocycles. The molecule has 0 radical (unpaired) electrons. The first-order valence-corrected chi connectivity index (χ1v) is 9.33. The van der Waals surface area contributed by atoms with Crippen LogP contribution in [0.1, 0.15) is 31.0 Å². The Morgan fingerprint density at radius 2 is 2.09 bits per heavy atom. The minimum Gasteiger partial charge on any atom is -0.303 e. The Morgan fingerprint density at radius 1 is 1.30 bits per heavy atom. The molecule has 3 rings (SSSR count). The number of nitrogens with one attached hydrogen (secondary N) is 2. The van der Waals surface area contributed by atoms with Crippen molar-refractivity contribution in [1.29, 1.82) is 0 Å². The molecule has 0 unspecified atom stereocenters. The molecule has 5 nitrogen and oxygen atoms in total. The standard InChI is InChI=1S/C16H21ClN4OS/c17-13-4-1-2-5-14(13)23-11-3-8-21-9-6-12(7-10-21)15-18-16(22)20-19-15/h1-2,4-5,12H,3,6-11H2,(H2,18,19,20,22). The maximum atomic E-state index is 11.1. The van der Waals surface area contributed by atoms with Gasteiger partial charge in [0.15, 0.2) is 0 Å². The van der Waals surface area contributed by atoms with Crippen molar-refractivity contribution >= 4 is 23.4 Å². The fourth-order valence-electron chi connectivity index (χ4n) is 2.94. The van der Waals surface area contributed by atoms with E-state index in [-0.39, 0.29) is 5.69 Å². The van der Waals surface area contributed by atoms with Crippen molar-refractivity contribution < 1.29 is 0 Å². The molecular formula is C16H21ClN4OS. The van der Waals surface area contributed by atoms with E-state index in [0.29, 0.717) is 5.92 Å². The molecular weight excluding hydrogens is 332 g/mol. The molecule has 0 amide bonds. The van der Waals surface area contributed by atoms with E-state index in [1.54, 1.807) is 0 Å². The van der Waals surface area contributed by atoms with Gasteiger partial charge >= 0.3 is 5.69 Å². The summed E-state index contributed by atoms with van der Waals surface area (Å²) in [6.45, 7) is 3.24. The van der Waals surface area contributed by atoms with Crippen molar-refractivity contribution in [2.45, 2.75) is 30.1 Å². The average Bonchev–Trinajstić information content (AvgIpc) is 3.00. The van der Waals surface area contributed by atoms with Crippen molar-refractivity contribution in [1.82, 2.24) is 20.1 Å². The Bertz CT molecular complexity index is 678. The van der Waals surface area contributed by atoms with Gasteiger partial charge in [-0.2, -0.15) is 5.10 Å². The van der Waals surface area contributed by atoms with E-state index in [9.17, 15) is 4.79 Å². The molecule has 0 bridgehead atoms. The summed E-state index contributed by atoms with van der Waals surface area (Å²) >= 11 is 7.99. The highest BCUT2D eigenvalue weighted by atomic mass is 35.5. The maximum Gasteiger partial charge on any atom is 0.340 e. The van der Waals surface area contributed by atoms with Crippen LogP contribution in [0.2, 0.25) is 5.02 Å². The Kier molecular flexibility index (Phi) is 5.80. The van der Waals surface area contributed by atoms with Crippen LogP contribution >= 0.6 is 23.4 Å². The smallest absolute Gasteiger partial charge is 0.303 e. The van der Waals surface area contributed by atoms with Gasteiger partial charge in [0.2, 0.25) is 0 Å². The summed E-state index contributed by atoms with van der Waals surface area (Å²) in [4.78, 5) is 17.6. The number of nitrogens with zero attached hydrogens (tertiary/aromatic N) is 2. The molecule has 1 fully saturated rings. The lowest BCUT2D eigenvalue weighted by Gasteiger charge is -2.30. The number of benzene rings is 1. The molecule has 2 aromatic rings. The highest BCUT2D eigenvalue weighted by Crippen LogP contribution is 2.28. The van der Waals surface area contributed by atoms with Crippen molar-refractivity contribution in [2.75, 3.05) is 25.4 Å². The van der Waals surface area contributed by atoms with Gasteiger partial charge in [-0.25, -0.2) is 9.89 Å². The van der Waals surface area contributed by atoms with E-state index < -0.39 is 0 Å². The van der Waals surface area contributed by atoms with Crippen LogP contribution in [0.3, 0.4) is 0 Å². The second-order valence-corrected chi connectivity index (χ2v) is 7.36. The third-order valence-electron chi connectivity index (χ3n) is 4.21. The number of hydrogen-bond donors (Lipinski definition) is 2. The second-order valence-electron chi connectivity index (χ2n) is 5.81. The zero-order valence-corrected chi connectivity index (χ0v) is 14.5. The predicted octanol–water partition coefficient (Wildman–Crippen LogP) is 3.11. The summed E-state index contributed by atoms with van der Waals surface area (Å²) in [7, 11) is 0. The number of piperidine rings is 1. The Balaban J connectivity index is 1.36. The van der Waals surface area contributed by atoms with Crippen molar-refractivity contribution in [2.24, 2.45) is 0 Å². The molecule has 0 saturated carbocycles. The third kappa shape index (κ3) is 4.62. The van der Waals surface area contributed by atoms with E-state index in [1.165, 1.54) is 0 Å². The predicted molar refractivity (Wildman–Crippen MR) is 94.4 cm³/mol. The first-order chi connectivity index (χ1) is 11.2. The summed E-state index contributed by atoms with van der Waals surface area (Å²) in [5.74, 6) is 2.27. The van der Waals surface area contributed by atoms with E-state index in [1.807, 2.05) is 30.0 Å². The number of thioether (sulfide) groups is 1. The molecule has 23 heavy (non-hydrogen) atoms. The van der Waals surface area contributed by atoms with Crippen LogP contribution in [-0.2, 0) is 0 Å². The van der Waals surface area contributed by atoms with Gasteiger partial charge in [-0.1, -0.05) is 23.7 Å². The molecule has 1 aliphatic rings. The summed E-state index contributed by atoms with van der Waals surface area (Å²) in [5, 5.41) is 7.34. The van der Waals surface area contributed by atoms with Gasteiger partial charge in [-0.3, -0.25) is 4.98 Å². The van der Waals surface area contributed by atoms with E-state index in [2.05, 4.69) is 26.1 Å². The number of likely N-dealkylation sites (tertiary alicyclic amines) is 1. The summed E-state index contributed by atoms with van der Waals surface area (Å²) in [6, 6.07) is 8.00. The normalized spacial score (nSPS) is 16.7. The molecule has 1 saturated heterocycles. The van der Waals surface area contributed by atoms with Gasteiger partial charge < -0.3 is 4.90 Å². The van der Waals surface area contributed by atoms with Gasteiger partial charge in [0, 0.05) is 10.8 Å². The van der Waals surface area contributed by atoms with E-state index >= 15 is 0 Å². The first kappa shape index (κ1) is 16.6. The van der Waals surface area contributed by atoms with Crippen molar-refractivity contribution in [3.63, 3.8) is 0 Å². The van der Waals surface area contributed by atoms with Crippen LogP contribution in [0.25, 0.3) is 0 Å². The van der Waals surface area contributed by atoms with Crippen LogP contribution < -0.4 is 5.69 Å².